The highest BCUT2D eigenvalue weighted by Gasteiger charge is 2.27. The van der Waals surface area contributed by atoms with E-state index in [0.717, 1.165) is 43.9 Å². The Morgan fingerprint density at radius 1 is 0.712 bits per heavy atom. The van der Waals surface area contributed by atoms with Gasteiger partial charge in [-0.2, -0.15) is 0 Å². The van der Waals surface area contributed by atoms with Gasteiger partial charge in [-0.15, -0.1) is 0 Å². The van der Waals surface area contributed by atoms with Gasteiger partial charge in [-0.3, -0.25) is 24.1 Å². The number of hydrogen-bond acceptors (Lipinski definition) is 10. The normalized spacial score (nSPS) is 16.4. The second-order valence-corrected chi connectivity index (χ2v) is 14.4. The Kier molecular flexibility index (Phi) is 19.1. The molecule has 2 atom stereocenters. The number of oxazole rings is 2. The fraction of sp³-hybridized carbons (Fsp3) is 0.744. The molecular formula is C39H62N4O9. The summed E-state index contributed by atoms with van der Waals surface area (Å²) in [7, 11) is 0. The minimum atomic E-state index is -1.11. The van der Waals surface area contributed by atoms with Crippen molar-refractivity contribution in [3.05, 3.63) is 34.7 Å². The summed E-state index contributed by atoms with van der Waals surface area (Å²) in [5, 5.41) is 9.18. The molecule has 52 heavy (non-hydrogen) atoms. The lowest BCUT2D eigenvalue weighted by atomic mass is 9.84. The van der Waals surface area contributed by atoms with Gasteiger partial charge in [0.2, 0.25) is 11.8 Å². The Labute approximate surface area is 308 Å². The Morgan fingerprint density at radius 3 is 1.46 bits per heavy atom. The third-order valence-corrected chi connectivity index (χ3v) is 10.2. The van der Waals surface area contributed by atoms with Crippen molar-refractivity contribution in [2.45, 2.75) is 162 Å². The third kappa shape index (κ3) is 14.8. The van der Waals surface area contributed by atoms with E-state index >= 15 is 0 Å². The molecule has 2 aliphatic carbocycles. The number of Topliss-reactive ketones (excluding diaryl/α,β-unsaturated/α-hetero) is 1. The molecule has 0 unspecified atom stereocenters. The zero-order valence-corrected chi connectivity index (χ0v) is 32.1. The van der Waals surface area contributed by atoms with Crippen LogP contribution in [-0.4, -0.2) is 51.9 Å². The summed E-state index contributed by atoms with van der Waals surface area (Å²) < 4.78 is 11.3. The van der Waals surface area contributed by atoms with Crippen LogP contribution in [0.15, 0.2) is 8.83 Å². The molecule has 2 aromatic rings. The van der Waals surface area contributed by atoms with Crippen LogP contribution in [0.1, 0.15) is 192 Å². The highest BCUT2D eigenvalue weighted by molar-refractivity contribution is 5.93. The predicted octanol–water partition coefficient (Wildman–Crippen LogP) is 8.45. The van der Waals surface area contributed by atoms with Crippen molar-refractivity contribution in [3.8, 4) is 0 Å². The van der Waals surface area contributed by atoms with Gasteiger partial charge in [0.05, 0.1) is 13.2 Å². The van der Waals surface area contributed by atoms with Crippen LogP contribution in [0, 0.1) is 25.7 Å². The molecule has 292 valence electrons. The maximum absolute atomic E-state index is 12.1. The molecule has 0 spiro atoms. The second-order valence-electron chi connectivity index (χ2n) is 14.4. The van der Waals surface area contributed by atoms with Crippen LogP contribution < -0.4 is 11.0 Å². The molecule has 4 rings (SSSR count). The number of amides is 2. The highest BCUT2D eigenvalue weighted by atomic mass is 16.7. The number of aromatic nitrogens is 2. The van der Waals surface area contributed by atoms with E-state index in [1.807, 2.05) is 6.92 Å². The van der Waals surface area contributed by atoms with E-state index in [1.165, 1.54) is 77.6 Å². The fourth-order valence-corrected chi connectivity index (χ4v) is 7.43. The zero-order valence-electron chi connectivity index (χ0n) is 32.1. The molecule has 0 saturated heterocycles. The van der Waals surface area contributed by atoms with Crippen LogP contribution in [0.25, 0.3) is 0 Å². The average molecular weight is 731 g/mol. The molecule has 2 amide bonds. The van der Waals surface area contributed by atoms with Crippen molar-refractivity contribution in [2.24, 2.45) is 11.8 Å². The lowest BCUT2D eigenvalue weighted by Gasteiger charge is -2.22. The topological polar surface area (TPSA) is 183 Å². The maximum Gasteiger partial charge on any atom is 0.358 e. The molecule has 3 N–H and O–H groups in total. The minimum Gasteiger partial charge on any atom is -0.476 e. The lowest BCUT2D eigenvalue weighted by Crippen LogP contribution is -2.25. The molecule has 2 saturated carbocycles. The van der Waals surface area contributed by atoms with Crippen molar-refractivity contribution >= 4 is 23.6 Å². The number of nitrogens with zero attached hydrogens (tertiary/aromatic N) is 2. The van der Waals surface area contributed by atoms with Crippen LogP contribution in [0.4, 0.5) is 0 Å². The van der Waals surface area contributed by atoms with Gasteiger partial charge in [0.15, 0.2) is 23.3 Å². The first-order valence-electron chi connectivity index (χ1n) is 19.5. The quantitative estimate of drug-likeness (QED) is 0.0877. The number of carboxylic acid groups (broad SMARTS) is 1. The summed E-state index contributed by atoms with van der Waals surface area (Å²) in [6.07, 6.45) is 19.5. The average Bonchev–Trinajstić information content (AvgIpc) is 3.73. The fourth-order valence-electron chi connectivity index (χ4n) is 7.43. The molecule has 0 radical (unpaired) electrons. The first-order valence-corrected chi connectivity index (χ1v) is 19.5. The Morgan fingerprint density at radius 2 is 1.12 bits per heavy atom. The summed E-state index contributed by atoms with van der Waals surface area (Å²) in [5.41, 5.74) is 5.12. The smallest absolute Gasteiger partial charge is 0.358 e. The van der Waals surface area contributed by atoms with Gasteiger partial charge in [0.25, 0.3) is 0 Å². The number of carbonyl (C=O) groups excluding carboxylic acids is 3. The van der Waals surface area contributed by atoms with Gasteiger partial charge in [-0.1, -0.05) is 89.9 Å². The number of ketones is 1. The first kappa shape index (κ1) is 42.8. The van der Waals surface area contributed by atoms with Crippen molar-refractivity contribution < 1.29 is 42.8 Å². The van der Waals surface area contributed by atoms with Crippen molar-refractivity contribution in [1.82, 2.24) is 20.9 Å². The number of carboxylic acids is 1. The molecule has 2 aromatic heterocycles. The van der Waals surface area contributed by atoms with Crippen molar-refractivity contribution in [3.63, 3.8) is 0 Å². The molecule has 0 bridgehead atoms. The van der Waals surface area contributed by atoms with Crippen LogP contribution in [0.5, 0.6) is 0 Å². The number of rotatable bonds is 20. The predicted molar refractivity (Wildman–Crippen MR) is 195 cm³/mol. The Bertz CT molecular complexity index is 1290. The van der Waals surface area contributed by atoms with Crippen LogP contribution >= 0.6 is 0 Å². The maximum atomic E-state index is 12.1. The van der Waals surface area contributed by atoms with E-state index in [4.69, 9.17) is 18.5 Å². The largest absolute Gasteiger partial charge is 0.476 e. The highest BCUT2D eigenvalue weighted by Crippen LogP contribution is 2.33. The molecule has 2 fully saturated rings. The Balaban J connectivity index is 0.000000280. The monoisotopic (exact) mass is 730 g/mol. The van der Waals surface area contributed by atoms with Crippen molar-refractivity contribution in [2.75, 3.05) is 13.2 Å². The summed E-state index contributed by atoms with van der Waals surface area (Å²) in [6, 6.07) is 0. The van der Waals surface area contributed by atoms with Crippen molar-refractivity contribution in [1.29, 1.82) is 0 Å². The number of hydroxylamine groups is 2. The van der Waals surface area contributed by atoms with Gasteiger partial charge in [0, 0.05) is 31.6 Å². The standard InChI is InChI=1S/C20H32N2O4.C19H30N2O5/c1-4-25-22-18(24)13-17(12-8-11-16-9-6-5-7-10-16)20-21-19(14(2)23)15(3)26-20;1-3-25-21-16(22)12-15(11-7-10-14-8-5-4-6-9-14)18-20-17(19(23)24)13(2)26-18/h16-17H,4-13H2,1-3H3,(H,22,24);14-15H,3-12H2,1-2H3,(H,21,22)(H,23,24)/t17-;15-/m11/s1. The van der Waals surface area contributed by atoms with Gasteiger partial charge < -0.3 is 13.9 Å². The van der Waals surface area contributed by atoms with E-state index < -0.39 is 5.97 Å². The number of hydrogen-bond donors (Lipinski definition) is 3. The van der Waals surface area contributed by atoms with E-state index in [1.54, 1.807) is 20.8 Å². The summed E-state index contributed by atoms with van der Waals surface area (Å²) in [6.45, 7) is 9.22. The molecule has 0 aliphatic heterocycles. The van der Waals surface area contributed by atoms with Gasteiger partial charge >= 0.3 is 5.97 Å². The second kappa shape index (κ2) is 23.2. The lowest BCUT2D eigenvalue weighted by molar-refractivity contribution is -0.134. The molecular weight excluding hydrogens is 668 g/mol. The molecule has 0 aromatic carbocycles. The number of nitrogens with one attached hydrogen (secondary N) is 2. The molecule has 2 aliphatic rings. The number of carbonyl (C=O) groups is 4. The van der Waals surface area contributed by atoms with E-state index in [9.17, 15) is 24.3 Å². The van der Waals surface area contributed by atoms with Gasteiger partial charge in [0.1, 0.15) is 17.2 Å². The summed E-state index contributed by atoms with van der Waals surface area (Å²) >= 11 is 0. The van der Waals surface area contributed by atoms with E-state index in [0.29, 0.717) is 36.4 Å². The molecule has 13 nitrogen and oxygen atoms in total. The van der Waals surface area contributed by atoms with E-state index in [-0.39, 0.29) is 53.7 Å². The van der Waals surface area contributed by atoms with E-state index in [2.05, 4.69) is 20.9 Å². The summed E-state index contributed by atoms with van der Waals surface area (Å²) in [5.74, 6) is 1.15. The third-order valence-electron chi connectivity index (χ3n) is 10.2. The Hall–Kier alpha value is -3.58. The number of aryl methyl sites for hydroxylation is 2. The first-order chi connectivity index (χ1) is 25.0. The molecule has 2 heterocycles. The van der Waals surface area contributed by atoms with Crippen LogP contribution in [-0.2, 0) is 19.3 Å². The number of aromatic carboxylic acids is 1. The van der Waals surface area contributed by atoms with Gasteiger partial charge in [-0.25, -0.2) is 25.7 Å². The SMILES string of the molecule is CCONC(=O)C[C@@H](CCCC1CCCCC1)c1nc(C(=O)O)c(C)o1.CCONC(=O)C[C@@H](CCCC1CCCCC1)c1nc(C(C)=O)c(C)o1. The summed E-state index contributed by atoms with van der Waals surface area (Å²) in [4.78, 5) is 65.5. The van der Waals surface area contributed by atoms with Crippen LogP contribution in [0.3, 0.4) is 0 Å². The van der Waals surface area contributed by atoms with Gasteiger partial charge in [-0.05, 0) is 52.4 Å². The van der Waals surface area contributed by atoms with Crippen LogP contribution in [0.2, 0.25) is 0 Å². The minimum absolute atomic E-state index is 0.0810. The zero-order chi connectivity index (χ0) is 37.9. The molecule has 13 heteroatoms.